The Labute approximate surface area is 167 Å². The van der Waals surface area contributed by atoms with Gasteiger partial charge in [0.05, 0.1) is 18.2 Å². The predicted molar refractivity (Wildman–Crippen MR) is 108 cm³/mol. The minimum atomic E-state index is -0.218. The Kier molecular flexibility index (Phi) is 5.15. The van der Waals surface area contributed by atoms with Crippen molar-refractivity contribution in [3.05, 3.63) is 47.5 Å². The molecule has 1 spiro atoms. The lowest BCUT2D eigenvalue weighted by molar-refractivity contribution is -0.146. The van der Waals surface area contributed by atoms with Gasteiger partial charge in [-0.15, -0.1) is 0 Å². The van der Waals surface area contributed by atoms with Gasteiger partial charge in [0.25, 0.3) is 0 Å². The summed E-state index contributed by atoms with van der Waals surface area (Å²) >= 11 is 0. The standard InChI is InChI=1S/C22H30N4O2/c1-17-23-13-19(24(17)2)15-25-11-9-22(16-25)8-5-10-26(21(22)27)14-18-6-4-7-20(12-18)28-3/h4,6-7,12-13H,5,8-11,14-16H2,1-3H3/t22-/m0/s1. The average Bonchev–Trinajstić information content (AvgIpc) is 3.25. The van der Waals surface area contributed by atoms with E-state index in [0.717, 1.165) is 62.6 Å². The molecule has 6 heteroatoms. The Bertz CT molecular complexity index is 862. The fourth-order valence-electron chi connectivity index (χ4n) is 4.69. The van der Waals surface area contributed by atoms with Crippen LogP contribution in [0.25, 0.3) is 0 Å². The van der Waals surface area contributed by atoms with Crippen molar-refractivity contribution in [2.45, 2.75) is 39.3 Å². The molecule has 3 heterocycles. The van der Waals surface area contributed by atoms with Crippen LogP contribution < -0.4 is 4.74 Å². The summed E-state index contributed by atoms with van der Waals surface area (Å²) in [6, 6.07) is 8.03. The third kappa shape index (κ3) is 3.53. The normalized spacial score (nSPS) is 23.0. The van der Waals surface area contributed by atoms with E-state index in [2.05, 4.69) is 32.5 Å². The molecule has 0 N–H and O–H groups in total. The van der Waals surface area contributed by atoms with Crippen LogP contribution >= 0.6 is 0 Å². The Hall–Kier alpha value is -2.34. The summed E-state index contributed by atoms with van der Waals surface area (Å²) in [4.78, 5) is 22.3. The molecule has 1 aromatic heterocycles. The molecule has 2 saturated heterocycles. The van der Waals surface area contributed by atoms with E-state index in [4.69, 9.17) is 4.74 Å². The van der Waals surface area contributed by atoms with Gasteiger partial charge in [0.2, 0.25) is 5.91 Å². The number of aryl methyl sites for hydroxylation is 1. The average molecular weight is 383 g/mol. The molecule has 28 heavy (non-hydrogen) atoms. The van der Waals surface area contributed by atoms with E-state index in [9.17, 15) is 4.79 Å². The largest absolute Gasteiger partial charge is 0.497 e. The zero-order valence-corrected chi connectivity index (χ0v) is 17.1. The molecule has 6 nitrogen and oxygen atoms in total. The van der Waals surface area contributed by atoms with Crippen molar-refractivity contribution in [3.63, 3.8) is 0 Å². The fourth-order valence-corrected chi connectivity index (χ4v) is 4.69. The van der Waals surface area contributed by atoms with Gasteiger partial charge < -0.3 is 14.2 Å². The van der Waals surface area contributed by atoms with Gasteiger partial charge in [-0.3, -0.25) is 9.69 Å². The maximum absolute atomic E-state index is 13.4. The van der Waals surface area contributed by atoms with Crippen LogP contribution in [-0.4, -0.2) is 52.0 Å². The number of imidazole rings is 1. The van der Waals surface area contributed by atoms with Crippen molar-refractivity contribution in [3.8, 4) is 5.75 Å². The van der Waals surface area contributed by atoms with Crippen LogP contribution in [0.3, 0.4) is 0 Å². The molecule has 2 aliphatic heterocycles. The van der Waals surface area contributed by atoms with Crippen molar-refractivity contribution < 1.29 is 9.53 Å². The first-order chi connectivity index (χ1) is 13.5. The summed E-state index contributed by atoms with van der Waals surface area (Å²) in [5, 5.41) is 0. The first-order valence-corrected chi connectivity index (χ1v) is 10.1. The topological polar surface area (TPSA) is 50.6 Å². The third-order valence-corrected chi connectivity index (χ3v) is 6.47. The molecule has 0 bridgehead atoms. The third-order valence-electron chi connectivity index (χ3n) is 6.47. The molecule has 150 valence electrons. The number of carbonyl (C=O) groups is 1. The fraction of sp³-hybridized carbons (Fsp3) is 0.545. The van der Waals surface area contributed by atoms with Crippen LogP contribution in [0.1, 0.15) is 36.3 Å². The van der Waals surface area contributed by atoms with Gasteiger partial charge >= 0.3 is 0 Å². The highest BCUT2D eigenvalue weighted by Crippen LogP contribution is 2.41. The molecule has 0 aliphatic carbocycles. The zero-order chi connectivity index (χ0) is 19.7. The number of hydrogen-bond acceptors (Lipinski definition) is 4. The van der Waals surface area contributed by atoms with Crippen molar-refractivity contribution in [2.75, 3.05) is 26.7 Å². The highest BCUT2D eigenvalue weighted by molar-refractivity contribution is 5.84. The lowest BCUT2D eigenvalue weighted by Gasteiger charge is -2.39. The second-order valence-corrected chi connectivity index (χ2v) is 8.28. The Morgan fingerprint density at radius 2 is 2.07 bits per heavy atom. The quantitative estimate of drug-likeness (QED) is 0.798. The summed E-state index contributed by atoms with van der Waals surface area (Å²) in [6.07, 6.45) is 4.99. The minimum absolute atomic E-state index is 0.218. The monoisotopic (exact) mass is 382 g/mol. The van der Waals surface area contributed by atoms with Gasteiger partial charge in [0, 0.05) is 39.4 Å². The Morgan fingerprint density at radius 1 is 1.21 bits per heavy atom. The number of rotatable bonds is 5. The molecule has 2 aromatic rings. The number of methoxy groups -OCH3 is 1. The van der Waals surface area contributed by atoms with Crippen molar-refractivity contribution in [1.29, 1.82) is 0 Å². The van der Waals surface area contributed by atoms with Crippen LogP contribution in [0.15, 0.2) is 30.5 Å². The molecule has 0 saturated carbocycles. The van der Waals surface area contributed by atoms with E-state index in [1.54, 1.807) is 7.11 Å². The minimum Gasteiger partial charge on any atom is -0.497 e. The van der Waals surface area contributed by atoms with Crippen LogP contribution in [0.2, 0.25) is 0 Å². The second kappa shape index (κ2) is 7.59. The number of piperidine rings is 1. The highest BCUT2D eigenvalue weighted by Gasteiger charge is 2.48. The van der Waals surface area contributed by atoms with Crippen LogP contribution in [-0.2, 0) is 24.9 Å². The molecule has 1 aromatic carbocycles. The SMILES string of the molecule is COc1cccc(CN2CCC[C@@]3(CCN(Cc4cnc(C)n4C)C3)C2=O)c1. The maximum atomic E-state index is 13.4. The first-order valence-electron chi connectivity index (χ1n) is 10.1. The van der Waals surface area contributed by atoms with Crippen LogP contribution in [0.4, 0.5) is 0 Å². The van der Waals surface area contributed by atoms with E-state index < -0.39 is 0 Å². The van der Waals surface area contributed by atoms with Crippen LogP contribution in [0.5, 0.6) is 5.75 Å². The maximum Gasteiger partial charge on any atom is 0.230 e. The summed E-state index contributed by atoms with van der Waals surface area (Å²) in [5.41, 5.74) is 2.13. The van der Waals surface area contributed by atoms with Gasteiger partial charge in [0.1, 0.15) is 11.6 Å². The molecule has 0 unspecified atom stereocenters. The number of hydrogen-bond donors (Lipinski definition) is 0. The van der Waals surface area contributed by atoms with E-state index in [-0.39, 0.29) is 5.41 Å². The Morgan fingerprint density at radius 3 is 2.82 bits per heavy atom. The molecular formula is C22H30N4O2. The second-order valence-electron chi connectivity index (χ2n) is 8.28. The highest BCUT2D eigenvalue weighted by atomic mass is 16.5. The van der Waals surface area contributed by atoms with E-state index >= 15 is 0 Å². The number of ether oxygens (including phenoxy) is 1. The van der Waals surface area contributed by atoms with Crippen LogP contribution in [0, 0.1) is 12.3 Å². The number of amides is 1. The van der Waals surface area contributed by atoms with Gasteiger partial charge in [-0.1, -0.05) is 12.1 Å². The van der Waals surface area contributed by atoms with Crippen molar-refractivity contribution in [2.24, 2.45) is 12.5 Å². The van der Waals surface area contributed by atoms with Gasteiger partial charge in [-0.25, -0.2) is 4.98 Å². The van der Waals surface area contributed by atoms with E-state index in [0.29, 0.717) is 12.5 Å². The summed E-state index contributed by atoms with van der Waals surface area (Å²) in [6.45, 7) is 6.23. The molecule has 2 aliphatic rings. The molecule has 0 radical (unpaired) electrons. The molecule has 1 amide bonds. The van der Waals surface area contributed by atoms with E-state index in [1.807, 2.05) is 31.3 Å². The van der Waals surface area contributed by atoms with Gasteiger partial charge in [-0.05, 0) is 50.4 Å². The number of benzene rings is 1. The number of carbonyl (C=O) groups excluding carboxylic acids is 1. The summed E-state index contributed by atoms with van der Waals surface area (Å²) in [7, 11) is 3.74. The van der Waals surface area contributed by atoms with Gasteiger partial charge in [-0.2, -0.15) is 0 Å². The molecular weight excluding hydrogens is 352 g/mol. The smallest absolute Gasteiger partial charge is 0.230 e. The van der Waals surface area contributed by atoms with E-state index in [1.165, 1.54) is 5.69 Å². The van der Waals surface area contributed by atoms with Gasteiger partial charge in [0.15, 0.2) is 0 Å². The summed E-state index contributed by atoms with van der Waals surface area (Å²) < 4.78 is 7.47. The predicted octanol–water partition coefficient (Wildman–Crippen LogP) is 2.75. The molecule has 4 rings (SSSR count). The molecule has 2 fully saturated rings. The number of aromatic nitrogens is 2. The lowest BCUT2D eigenvalue weighted by Crippen LogP contribution is -2.49. The summed E-state index contributed by atoms with van der Waals surface area (Å²) in [5.74, 6) is 2.20. The van der Waals surface area contributed by atoms with Crippen molar-refractivity contribution >= 4 is 5.91 Å². The number of likely N-dealkylation sites (tertiary alicyclic amines) is 2. The first kappa shape index (κ1) is 19.0. The molecule has 1 atom stereocenters. The zero-order valence-electron chi connectivity index (χ0n) is 17.1. The lowest BCUT2D eigenvalue weighted by atomic mass is 9.78. The van der Waals surface area contributed by atoms with Crippen molar-refractivity contribution in [1.82, 2.24) is 19.4 Å². The number of nitrogens with zero attached hydrogens (tertiary/aromatic N) is 4. The Balaban J connectivity index is 1.44.